The van der Waals surface area contributed by atoms with Gasteiger partial charge in [-0.05, 0) is 48.0 Å². The lowest BCUT2D eigenvalue weighted by molar-refractivity contribution is 0.0533. The molecule has 1 aliphatic heterocycles. The lowest BCUT2D eigenvalue weighted by atomic mass is 10.1. The summed E-state index contributed by atoms with van der Waals surface area (Å²) >= 11 is 0. The van der Waals surface area contributed by atoms with E-state index in [-0.39, 0.29) is 5.56 Å². The van der Waals surface area contributed by atoms with Gasteiger partial charge in [-0.1, -0.05) is 18.2 Å². The molecule has 4 aromatic rings. The average molecular weight is 444 g/mol. The fourth-order valence-corrected chi connectivity index (χ4v) is 3.85. The molecule has 0 unspecified atom stereocenters. The SMILES string of the molecule is CONC(=O)c1ccc(-c2ccc3c(n2)N(Cc2ccc4ncccc4c2)N(C)N3)cc1F. The molecule has 0 saturated carbocycles. The molecule has 0 atom stereocenters. The normalized spacial score (nSPS) is 13.1. The van der Waals surface area contributed by atoms with Crippen LogP contribution in [0.1, 0.15) is 15.9 Å². The van der Waals surface area contributed by atoms with Crippen LogP contribution in [0.3, 0.4) is 0 Å². The van der Waals surface area contributed by atoms with Gasteiger partial charge in [0.05, 0.1) is 36.1 Å². The smallest absolute Gasteiger partial charge is 0.277 e. The molecule has 33 heavy (non-hydrogen) atoms. The summed E-state index contributed by atoms with van der Waals surface area (Å²) in [6.45, 7) is 0.586. The van der Waals surface area contributed by atoms with Crippen LogP contribution in [0.15, 0.2) is 66.9 Å². The molecule has 166 valence electrons. The number of benzene rings is 2. The number of nitrogens with zero attached hydrogens (tertiary/aromatic N) is 4. The molecule has 0 aliphatic carbocycles. The number of halogens is 1. The zero-order valence-corrected chi connectivity index (χ0v) is 18.0. The van der Waals surface area contributed by atoms with Crippen LogP contribution >= 0.6 is 0 Å². The number of nitrogens with one attached hydrogen (secondary N) is 2. The van der Waals surface area contributed by atoms with E-state index in [0.717, 1.165) is 28.0 Å². The number of rotatable bonds is 5. The minimum absolute atomic E-state index is 0.101. The Morgan fingerprint density at radius 2 is 2.03 bits per heavy atom. The maximum atomic E-state index is 14.6. The molecule has 0 fully saturated rings. The summed E-state index contributed by atoms with van der Waals surface area (Å²) in [5.74, 6) is -0.574. The second-order valence-corrected chi connectivity index (χ2v) is 7.62. The third-order valence-electron chi connectivity index (χ3n) is 5.47. The summed E-state index contributed by atoms with van der Waals surface area (Å²) in [7, 11) is 3.21. The quantitative estimate of drug-likeness (QED) is 0.452. The van der Waals surface area contributed by atoms with Gasteiger partial charge in [0.15, 0.2) is 5.82 Å². The maximum absolute atomic E-state index is 14.6. The fourth-order valence-electron chi connectivity index (χ4n) is 3.85. The zero-order chi connectivity index (χ0) is 22.9. The summed E-state index contributed by atoms with van der Waals surface area (Å²) in [5.41, 5.74) is 9.35. The summed E-state index contributed by atoms with van der Waals surface area (Å²) < 4.78 is 14.6. The predicted octanol–water partition coefficient (Wildman–Crippen LogP) is 3.92. The number of amides is 1. The first kappa shape index (κ1) is 20.8. The Kier molecular flexibility index (Phi) is 5.33. The number of hydrogen-bond acceptors (Lipinski definition) is 7. The standard InChI is InChI=1S/C24H21FN6O2/c1-30-28-22-10-9-21(17-6-7-18(19(25)13-17)24(32)29-33-2)27-23(22)31(30)14-15-5-8-20-16(12-15)4-3-11-26-20/h3-13,28H,14H2,1-2H3,(H,29,32). The molecule has 0 spiro atoms. The topological polar surface area (TPSA) is 82.6 Å². The minimum atomic E-state index is -0.652. The van der Waals surface area contributed by atoms with Crippen molar-refractivity contribution < 1.29 is 14.0 Å². The number of hydroxylamine groups is 1. The van der Waals surface area contributed by atoms with E-state index in [4.69, 9.17) is 4.98 Å². The highest BCUT2D eigenvalue weighted by Gasteiger charge is 2.26. The van der Waals surface area contributed by atoms with Crippen molar-refractivity contribution in [3.05, 3.63) is 83.8 Å². The molecule has 5 rings (SSSR count). The third-order valence-corrected chi connectivity index (χ3v) is 5.47. The van der Waals surface area contributed by atoms with Crippen molar-refractivity contribution in [1.82, 2.24) is 20.6 Å². The molecule has 2 N–H and O–H groups in total. The van der Waals surface area contributed by atoms with Gasteiger partial charge >= 0.3 is 0 Å². The van der Waals surface area contributed by atoms with Crippen molar-refractivity contribution in [3.8, 4) is 11.3 Å². The highest BCUT2D eigenvalue weighted by atomic mass is 19.1. The highest BCUT2D eigenvalue weighted by Crippen LogP contribution is 2.35. The largest absolute Gasteiger partial charge is 0.298 e. The Morgan fingerprint density at radius 1 is 1.15 bits per heavy atom. The number of hydrogen-bond donors (Lipinski definition) is 2. The number of anilines is 2. The van der Waals surface area contributed by atoms with Crippen molar-refractivity contribution in [2.75, 3.05) is 24.6 Å². The first-order chi connectivity index (χ1) is 16.0. The number of carbonyl (C=O) groups excluding carboxylic acids is 1. The Bertz CT molecular complexity index is 1360. The van der Waals surface area contributed by atoms with E-state index >= 15 is 0 Å². The lowest BCUT2D eigenvalue weighted by Crippen LogP contribution is -2.37. The maximum Gasteiger partial charge on any atom is 0.277 e. The Morgan fingerprint density at radius 3 is 2.85 bits per heavy atom. The number of aromatic nitrogens is 2. The summed E-state index contributed by atoms with van der Waals surface area (Å²) in [4.78, 5) is 25.6. The molecule has 1 amide bonds. The molecule has 2 aromatic heterocycles. The average Bonchev–Trinajstić information content (AvgIpc) is 3.13. The van der Waals surface area contributed by atoms with Gasteiger partial charge in [-0.2, -0.15) is 0 Å². The number of fused-ring (bicyclic) bond motifs is 2. The van der Waals surface area contributed by atoms with Crippen LogP contribution in [0.4, 0.5) is 15.9 Å². The van der Waals surface area contributed by atoms with E-state index in [1.165, 1.54) is 19.2 Å². The van der Waals surface area contributed by atoms with E-state index in [2.05, 4.69) is 26.8 Å². The number of carbonyl (C=O) groups is 1. The van der Waals surface area contributed by atoms with Crippen LogP contribution in [0, 0.1) is 5.82 Å². The van der Waals surface area contributed by atoms with Crippen molar-refractivity contribution >= 4 is 28.3 Å². The van der Waals surface area contributed by atoms with Crippen molar-refractivity contribution in [2.24, 2.45) is 0 Å². The summed E-state index contributed by atoms with van der Waals surface area (Å²) in [5, 5.41) is 4.95. The van der Waals surface area contributed by atoms with Crippen LogP contribution in [-0.2, 0) is 11.4 Å². The minimum Gasteiger partial charge on any atom is -0.298 e. The Hall–Kier alpha value is -4.08. The van der Waals surface area contributed by atoms with Crippen LogP contribution in [0.25, 0.3) is 22.2 Å². The van der Waals surface area contributed by atoms with Gasteiger partial charge in [0.2, 0.25) is 0 Å². The van der Waals surface area contributed by atoms with E-state index < -0.39 is 11.7 Å². The second-order valence-electron chi connectivity index (χ2n) is 7.62. The molecule has 0 saturated heterocycles. The second kappa shape index (κ2) is 8.45. The van der Waals surface area contributed by atoms with Gasteiger partial charge < -0.3 is 0 Å². The van der Waals surface area contributed by atoms with Crippen LogP contribution in [-0.4, -0.2) is 35.2 Å². The van der Waals surface area contributed by atoms with Crippen LogP contribution in [0.5, 0.6) is 0 Å². The van der Waals surface area contributed by atoms with E-state index in [1.54, 1.807) is 12.3 Å². The molecule has 8 nitrogen and oxygen atoms in total. The molecule has 0 radical (unpaired) electrons. The predicted molar refractivity (Wildman–Crippen MR) is 123 cm³/mol. The third kappa shape index (κ3) is 3.95. The highest BCUT2D eigenvalue weighted by molar-refractivity contribution is 5.94. The number of pyridine rings is 2. The molecular weight excluding hydrogens is 423 g/mol. The van der Waals surface area contributed by atoms with E-state index in [0.29, 0.717) is 17.8 Å². The molecule has 2 aromatic carbocycles. The first-order valence-electron chi connectivity index (χ1n) is 10.3. The van der Waals surface area contributed by atoms with Gasteiger partial charge in [-0.3, -0.25) is 25.1 Å². The Labute approximate surface area is 189 Å². The van der Waals surface area contributed by atoms with Gasteiger partial charge in [0.1, 0.15) is 5.82 Å². The van der Waals surface area contributed by atoms with E-state index in [1.807, 2.05) is 53.6 Å². The first-order valence-corrected chi connectivity index (χ1v) is 10.3. The van der Waals surface area contributed by atoms with E-state index in [9.17, 15) is 9.18 Å². The van der Waals surface area contributed by atoms with Gasteiger partial charge in [0, 0.05) is 24.2 Å². The van der Waals surface area contributed by atoms with Crippen LogP contribution in [0.2, 0.25) is 0 Å². The molecule has 0 bridgehead atoms. The van der Waals surface area contributed by atoms with Crippen LogP contribution < -0.4 is 15.9 Å². The molecule has 3 heterocycles. The van der Waals surface area contributed by atoms with Gasteiger partial charge in [0.25, 0.3) is 5.91 Å². The summed E-state index contributed by atoms with van der Waals surface area (Å²) in [6.07, 6.45) is 1.78. The monoisotopic (exact) mass is 444 g/mol. The van der Waals surface area contributed by atoms with Gasteiger partial charge in [-0.15, -0.1) is 5.12 Å². The molecule has 1 aliphatic rings. The summed E-state index contributed by atoms with van der Waals surface area (Å²) in [6, 6.07) is 18.2. The fraction of sp³-hybridized carbons (Fsp3) is 0.125. The molecule has 9 heteroatoms. The Balaban J connectivity index is 1.45. The van der Waals surface area contributed by atoms with Gasteiger partial charge in [-0.25, -0.2) is 14.9 Å². The van der Waals surface area contributed by atoms with Crippen molar-refractivity contribution in [1.29, 1.82) is 0 Å². The van der Waals surface area contributed by atoms with Crippen molar-refractivity contribution in [3.63, 3.8) is 0 Å². The zero-order valence-electron chi connectivity index (χ0n) is 18.0. The number of hydrazine groups is 2. The lowest BCUT2D eigenvalue weighted by Gasteiger charge is -2.25. The molecular formula is C24H21FN6O2. The van der Waals surface area contributed by atoms with Crippen molar-refractivity contribution in [2.45, 2.75) is 6.54 Å².